The fourth-order valence-corrected chi connectivity index (χ4v) is 3.95. The molecule has 1 aromatic carbocycles. The fourth-order valence-electron chi connectivity index (χ4n) is 1.80. The van der Waals surface area contributed by atoms with E-state index in [2.05, 4.69) is 26.1 Å². The van der Waals surface area contributed by atoms with Crippen LogP contribution >= 0.6 is 39.0 Å². The van der Waals surface area contributed by atoms with Gasteiger partial charge in [-0.15, -0.1) is 10.2 Å². The minimum atomic E-state index is -0.334. The van der Waals surface area contributed by atoms with Crippen molar-refractivity contribution < 1.29 is 4.42 Å². The summed E-state index contributed by atoms with van der Waals surface area (Å²) in [4.78, 5) is 11.6. The van der Waals surface area contributed by atoms with Crippen LogP contribution in [-0.2, 0) is 5.75 Å². The van der Waals surface area contributed by atoms with Crippen molar-refractivity contribution in [2.75, 3.05) is 0 Å². The van der Waals surface area contributed by atoms with Gasteiger partial charge in [0.05, 0.1) is 0 Å². The molecule has 0 atom stereocenters. The number of aromatic nitrogens is 2. The Morgan fingerprint density at radius 3 is 2.95 bits per heavy atom. The van der Waals surface area contributed by atoms with Gasteiger partial charge in [0, 0.05) is 21.7 Å². The van der Waals surface area contributed by atoms with Crippen molar-refractivity contribution in [1.29, 1.82) is 0 Å². The molecule has 2 heterocycles. The van der Waals surface area contributed by atoms with E-state index in [1.807, 2.05) is 19.1 Å². The topological polar surface area (TPSA) is 56.0 Å². The molecule has 7 heteroatoms. The molecule has 0 aliphatic heterocycles. The molecular weight excluding hydrogens is 360 g/mol. The summed E-state index contributed by atoms with van der Waals surface area (Å²) in [7, 11) is 0. The summed E-state index contributed by atoms with van der Waals surface area (Å²) >= 11 is 6.50. The average molecular weight is 369 g/mol. The maximum atomic E-state index is 11.6. The summed E-state index contributed by atoms with van der Waals surface area (Å²) in [6, 6.07) is 7.23. The van der Waals surface area contributed by atoms with Crippen molar-refractivity contribution in [3.63, 3.8) is 0 Å². The van der Waals surface area contributed by atoms with Crippen LogP contribution in [0.4, 0.5) is 0 Å². The summed E-state index contributed by atoms with van der Waals surface area (Å²) < 4.78 is 7.01. The smallest absolute Gasteiger partial charge is 0.336 e. The molecule has 4 nitrogen and oxygen atoms in total. The molecule has 102 valence electrons. The van der Waals surface area contributed by atoms with Gasteiger partial charge in [-0.3, -0.25) is 0 Å². The lowest BCUT2D eigenvalue weighted by Gasteiger charge is -2.04. The molecule has 0 saturated heterocycles. The van der Waals surface area contributed by atoms with E-state index in [-0.39, 0.29) is 5.63 Å². The van der Waals surface area contributed by atoms with Crippen LogP contribution in [0.5, 0.6) is 0 Å². The van der Waals surface area contributed by atoms with Crippen LogP contribution in [0.1, 0.15) is 10.6 Å². The van der Waals surface area contributed by atoms with E-state index in [4.69, 9.17) is 4.42 Å². The van der Waals surface area contributed by atoms with Crippen LogP contribution in [0, 0.1) is 6.92 Å². The molecule has 0 aliphatic rings. The molecule has 0 unspecified atom stereocenters. The van der Waals surface area contributed by atoms with Gasteiger partial charge < -0.3 is 4.42 Å². The van der Waals surface area contributed by atoms with Crippen LogP contribution in [0.15, 0.2) is 42.3 Å². The highest BCUT2D eigenvalue weighted by atomic mass is 79.9. The van der Waals surface area contributed by atoms with Crippen molar-refractivity contribution in [3.05, 3.63) is 49.7 Å². The largest absolute Gasteiger partial charge is 0.423 e. The van der Waals surface area contributed by atoms with Crippen LogP contribution in [0.2, 0.25) is 0 Å². The van der Waals surface area contributed by atoms with E-state index in [0.717, 1.165) is 24.8 Å². The first-order chi connectivity index (χ1) is 9.61. The molecule has 0 amide bonds. The first kappa shape index (κ1) is 13.8. The molecule has 0 N–H and O–H groups in total. The Kier molecular flexibility index (Phi) is 3.91. The second-order valence-electron chi connectivity index (χ2n) is 4.11. The van der Waals surface area contributed by atoms with Gasteiger partial charge in [0.25, 0.3) is 0 Å². The van der Waals surface area contributed by atoms with Gasteiger partial charge in [0.1, 0.15) is 10.6 Å². The van der Waals surface area contributed by atoms with Crippen LogP contribution in [0.3, 0.4) is 0 Å². The number of halogens is 1. The third-order valence-electron chi connectivity index (χ3n) is 2.65. The molecular formula is C13H9BrN2O2S2. The lowest BCUT2D eigenvalue weighted by Crippen LogP contribution is -1.99. The minimum Gasteiger partial charge on any atom is -0.423 e. The second kappa shape index (κ2) is 5.67. The third-order valence-corrected chi connectivity index (χ3v) is 5.16. The zero-order valence-electron chi connectivity index (χ0n) is 10.4. The molecule has 0 aliphatic carbocycles. The predicted octanol–water partition coefficient (Wildman–Crippen LogP) is 4.01. The van der Waals surface area contributed by atoms with Gasteiger partial charge in [-0.25, -0.2) is 4.79 Å². The predicted molar refractivity (Wildman–Crippen MR) is 84.4 cm³/mol. The van der Waals surface area contributed by atoms with Gasteiger partial charge >= 0.3 is 5.63 Å². The maximum absolute atomic E-state index is 11.6. The molecule has 3 aromatic rings. The highest BCUT2D eigenvalue weighted by Gasteiger charge is 2.08. The van der Waals surface area contributed by atoms with Crippen molar-refractivity contribution in [1.82, 2.24) is 10.2 Å². The highest BCUT2D eigenvalue weighted by molar-refractivity contribution is 9.10. The maximum Gasteiger partial charge on any atom is 0.336 e. The Labute approximate surface area is 131 Å². The summed E-state index contributed by atoms with van der Waals surface area (Å²) in [5.41, 5.74) is 1.21. The van der Waals surface area contributed by atoms with Crippen molar-refractivity contribution in [3.8, 4) is 0 Å². The van der Waals surface area contributed by atoms with Gasteiger partial charge in [-0.2, -0.15) is 0 Å². The van der Waals surface area contributed by atoms with Gasteiger partial charge in [-0.05, 0) is 30.7 Å². The molecule has 0 fully saturated rings. The molecule has 0 spiro atoms. The molecule has 0 saturated carbocycles. The number of thioether (sulfide) groups is 1. The summed E-state index contributed by atoms with van der Waals surface area (Å²) in [5, 5.41) is 9.94. The number of aryl methyl sites for hydroxylation is 1. The van der Waals surface area contributed by atoms with E-state index >= 15 is 0 Å². The van der Waals surface area contributed by atoms with E-state index < -0.39 is 0 Å². The van der Waals surface area contributed by atoms with E-state index in [1.54, 1.807) is 29.2 Å². The second-order valence-corrected chi connectivity index (χ2v) is 7.43. The van der Waals surface area contributed by atoms with E-state index in [1.165, 1.54) is 6.07 Å². The third kappa shape index (κ3) is 2.94. The highest BCUT2D eigenvalue weighted by Crippen LogP contribution is 2.29. The van der Waals surface area contributed by atoms with E-state index in [9.17, 15) is 4.79 Å². The van der Waals surface area contributed by atoms with Crippen molar-refractivity contribution in [2.45, 2.75) is 17.0 Å². The first-order valence-electron chi connectivity index (χ1n) is 5.77. The fraction of sp³-hybridized carbons (Fsp3) is 0.154. The number of fused-ring (bicyclic) bond motifs is 1. The van der Waals surface area contributed by atoms with Gasteiger partial charge in [-0.1, -0.05) is 39.0 Å². The van der Waals surface area contributed by atoms with Crippen molar-refractivity contribution >= 4 is 50.0 Å². The van der Waals surface area contributed by atoms with Gasteiger partial charge in [0.2, 0.25) is 0 Å². The monoisotopic (exact) mass is 368 g/mol. The summed E-state index contributed by atoms with van der Waals surface area (Å²) in [5.74, 6) is 0.665. The van der Waals surface area contributed by atoms with Crippen LogP contribution < -0.4 is 5.63 Å². The Morgan fingerprint density at radius 2 is 2.20 bits per heavy atom. The number of benzene rings is 1. The van der Waals surface area contributed by atoms with E-state index in [0.29, 0.717) is 11.3 Å². The normalized spacial score (nSPS) is 11.1. The minimum absolute atomic E-state index is 0.334. The lowest BCUT2D eigenvalue weighted by molar-refractivity contribution is 0.559. The van der Waals surface area contributed by atoms with Crippen molar-refractivity contribution in [2.24, 2.45) is 0 Å². The standard InChI is InChI=1S/C13H9BrN2O2S2/c1-7-15-16-13(20-7)19-6-8-4-12(17)18-11-5-9(14)2-3-10(8)11/h2-5H,6H2,1H3. The zero-order valence-corrected chi connectivity index (χ0v) is 13.6. The summed E-state index contributed by atoms with van der Waals surface area (Å²) in [6.07, 6.45) is 0. The number of rotatable bonds is 3. The lowest BCUT2D eigenvalue weighted by atomic mass is 10.1. The number of nitrogens with zero attached hydrogens (tertiary/aromatic N) is 2. The SMILES string of the molecule is Cc1nnc(SCc2cc(=O)oc3cc(Br)ccc23)s1. The molecule has 0 bridgehead atoms. The molecule has 20 heavy (non-hydrogen) atoms. The quantitative estimate of drug-likeness (QED) is 0.516. The molecule has 3 rings (SSSR count). The Balaban J connectivity index is 1.96. The summed E-state index contributed by atoms with van der Waals surface area (Å²) in [6.45, 7) is 1.92. The Morgan fingerprint density at radius 1 is 1.35 bits per heavy atom. The number of hydrogen-bond acceptors (Lipinski definition) is 6. The first-order valence-corrected chi connectivity index (χ1v) is 8.36. The average Bonchev–Trinajstić information content (AvgIpc) is 2.81. The van der Waals surface area contributed by atoms with Crippen LogP contribution in [0.25, 0.3) is 11.0 Å². The number of hydrogen-bond donors (Lipinski definition) is 0. The molecule has 2 aromatic heterocycles. The Hall–Kier alpha value is -1.18. The van der Waals surface area contributed by atoms with Gasteiger partial charge in [0.15, 0.2) is 4.34 Å². The molecule has 0 radical (unpaired) electrons. The zero-order chi connectivity index (χ0) is 14.1. The van der Waals surface area contributed by atoms with Crippen LogP contribution in [-0.4, -0.2) is 10.2 Å². The Bertz CT molecular complexity index is 829.